The lowest BCUT2D eigenvalue weighted by atomic mass is 9.98. The smallest absolute Gasteiger partial charge is 0.256 e. The van der Waals surface area contributed by atoms with Gasteiger partial charge in [-0.15, -0.1) is 0 Å². The van der Waals surface area contributed by atoms with Crippen LogP contribution in [0.4, 0.5) is 5.69 Å². The highest BCUT2D eigenvalue weighted by atomic mass is 79.9. The predicted octanol–water partition coefficient (Wildman–Crippen LogP) is 3.59. The maximum absolute atomic E-state index is 12.5. The van der Waals surface area contributed by atoms with Crippen LogP contribution in [0.25, 0.3) is 5.57 Å². The first-order valence-corrected chi connectivity index (χ1v) is 7.64. The first-order chi connectivity index (χ1) is 10.7. The first kappa shape index (κ1) is 13.3. The molecule has 0 aromatic heterocycles. The Hall–Kier alpha value is -2.40. The van der Waals surface area contributed by atoms with Crippen LogP contribution in [0.1, 0.15) is 16.7 Å². The molecular formula is C17H11BrN2O2. The maximum Gasteiger partial charge on any atom is 0.256 e. The SMILES string of the molecule is O=C1Nc2c(Br)cccc2/C1=C1/Cc2ccccc2/C1=N\O. The molecule has 0 bridgehead atoms. The number of benzene rings is 2. The van der Waals surface area contributed by atoms with Gasteiger partial charge in [0.2, 0.25) is 0 Å². The molecule has 4 rings (SSSR count). The summed E-state index contributed by atoms with van der Waals surface area (Å²) in [6, 6.07) is 13.4. The second kappa shape index (κ2) is 4.81. The maximum atomic E-state index is 12.5. The number of para-hydroxylation sites is 1. The average Bonchev–Trinajstić information content (AvgIpc) is 3.04. The van der Waals surface area contributed by atoms with E-state index in [1.54, 1.807) is 0 Å². The molecule has 2 aromatic carbocycles. The summed E-state index contributed by atoms with van der Waals surface area (Å²) in [5, 5.41) is 15.8. The average molecular weight is 355 g/mol. The van der Waals surface area contributed by atoms with E-state index in [1.807, 2.05) is 42.5 Å². The van der Waals surface area contributed by atoms with Crippen molar-refractivity contribution in [3.05, 3.63) is 69.2 Å². The molecule has 0 saturated carbocycles. The van der Waals surface area contributed by atoms with E-state index in [-0.39, 0.29) is 5.91 Å². The number of carbonyl (C=O) groups excluding carboxylic acids is 1. The molecular weight excluding hydrogens is 344 g/mol. The summed E-state index contributed by atoms with van der Waals surface area (Å²) in [5.74, 6) is -0.161. The van der Waals surface area contributed by atoms with Crippen molar-refractivity contribution < 1.29 is 10.0 Å². The Bertz CT molecular complexity index is 884. The van der Waals surface area contributed by atoms with E-state index >= 15 is 0 Å². The Balaban J connectivity index is 1.98. The fraction of sp³-hybridized carbons (Fsp3) is 0.0588. The van der Waals surface area contributed by atoms with Gasteiger partial charge in [-0.25, -0.2) is 0 Å². The number of fused-ring (bicyclic) bond motifs is 2. The van der Waals surface area contributed by atoms with E-state index in [4.69, 9.17) is 0 Å². The lowest BCUT2D eigenvalue weighted by Gasteiger charge is -2.04. The predicted molar refractivity (Wildman–Crippen MR) is 88.2 cm³/mol. The second-order valence-corrected chi connectivity index (χ2v) is 6.11. The van der Waals surface area contributed by atoms with Crippen LogP contribution in [0, 0.1) is 0 Å². The van der Waals surface area contributed by atoms with Crippen molar-refractivity contribution in [1.29, 1.82) is 0 Å². The summed E-state index contributed by atoms with van der Waals surface area (Å²) < 4.78 is 0.840. The van der Waals surface area contributed by atoms with E-state index in [2.05, 4.69) is 26.4 Å². The lowest BCUT2D eigenvalue weighted by molar-refractivity contribution is -0.110. The molecule has 1 heterocycles. The minimum absolute atomic E-state index is 0.161. The van der Waals surface area contributed by atoms with Crippen LogP contribution < -0.4 is 5.32 Å². The van der Waals surface area contributed by atoms with Crippen molar-refractivity contribution >= 4 is 38.8 Å². The van der Waals surface area contributed by atoms with Gasteiger partial charge in [0.15, 0.2) is 0 Å². The van der Waals surface area contributed by atoms with Crippen LogP contribution >= 0.6 is 15.9 Å². The first-order valence-electron chi connectivity index (χ1n) is 6.85. The molecule has 0 saturated heterocycles. The molecule has 2 aliphatic rings. The number of allylic oxidation sites excluding steroid dienone is 1. The van der Waals surface area contributed by atoms with Gasteiger partial charge in [0.05, 0.1) is 11.3 Å². The third-order valence-electron chi connectivity index (χ3n) is 4.08. The number of halogens is 1. The number of nitrogens with zero attached hydrogens (tertiary/aromatic N) is 1. The fourth-order valence-corrected chi connectivity index (χ4v) is 3.59. The molecule has 108 valence electrons. The second-order valence-electron chi connectivity index (χ2n) is 5.25. The van der Waals surface area contributed by atoms with Gasteiger partial charge in [-0.1, -0.05) is 41.6 Å². The third-order valence-corrected chi connectivity index (χ3v) is 4.74. The van der Waals surface area contributed by atoms with Gasteiger partial charge in [-0.05, 0) is 33.1 Å². The minimum atomic E-state index is -0.161. The van der Waals surface area contributed by atoms with E-state index in [1.165, 1.54) is 0 Å². The molecule has 0 radical (unpaired) electrons. The third kappa shape index (κ3) is 1.75. The summed E-state index contributed by atoms with van der Waals surface area (Å²) >= 11 is 3.45. The quantitative estimate of drug-likeness (QED) is 0.431. The molecule has 1 aliphatic carbocycles. The molecule has 0 fully saturated rings. The number of carbonyl (C=O) groups is 1. The molecule has 1 amide bonds. The van der Waals surface area contributed by atoms with E-state index in [9.17, 15) is 10.0 Å². The number of amides is 1. The highest BCUT2D eigenvalue weighted by Crippen LogP contribution is 2.41. The normalized spacial score (nSPS) is 21.0. The van der Waals surface area contributed by atoms with Crippen molar-refractivity contribution in [3.63, 3.8) is 0 Å². The lowest BCUT2D eigenvalue weighted by Crippen LogP contribution is -2.09. The van der Waals surface area contributed by atoms with Crippen LogP contribution in [-0.4, -0.2) is 16.8 Å². The van der Waals surface area contributed by atoms with E-state index < -0.39 is 0 Å². The number of hydrogen-bond donors (Lipinski definition) is 2. The fourth-order valence-electron chi connectivity index (χ4n) is 3.12. The molecule has 4 nitrogen and oxygen atoms in total. The number of oxime groups is 1. The number of nitrogens with one attached hydrogen (secondary N) is 1. The summed E-state index contributed by atoms with van der Waals surface area (Å²) in [6.45, 7) is 0. The molecule has 2 N–H and O–H groups in total. The molecule has 0 unspecified atom stereocenters. The Kier molecular flexibility index (Phi) is 2.90. The van der Waals surface area contributed by atoms with Gasteiger partial charge in [-0.2, -0.15) is 0 Å². The van der Waals surface area contributed by atoms with Crippen LogP contribution in [-0.2, 0) is 11.2 Å². The molecule has 2 aromatic rings. The number of rotatable bonds is 0. The van der Waals surface area contributed by atoms with Crippen LogP contribution in [0.2, 0.25) is 0 Å². The zero-order chi connectivity index (χ0) is 15.3. The highest BCUT2D eigenvalue weighted by molar-refractivity contribution is 9.10. The Morgan fingerprint density at radius 1 is 1.09 bits per heavy atom. The van der Waals surface area contributed by atoms with Crippen molar-refractivity contribution in [3.8, 4) is 0 Å². The Morgan fingerprint density at radius 2 is 1.86 bits per heavy atom. The number of anilines is 1. The van der Waals surface area contributed by atoms with Gasteiger partial charge < -0.3 is 10.5 Å². The monoisotopic (exact) mass is 354 g/mol. The zero-order valence-electron chi connectivity index (χ0n) is 11.4. The highest BCUT2D eigenvalue weighted by Gasteiger charge is 2.34. The van der Waals surface area contributed by atoms with Crippen LogP contribution in [0.15, 0.2) is 57.7 Å². The Labute approximate surface area is 135 Å². The molecule has 1 aliphatic heterocycles. The summed E-state index contributed by atoms with van der Waals surface area (Å²) in [6.07, 6.45) is 0.588. The molecule has 5 heteroatoms. The van der Waals surface area contributed by atoms with Crippen LogP contribution in [0.3, 0.4) is 0 Å². The van der Waals surface area contributed by atoms with Gasteiger partial charge in [-0.3, -0.25) is 4.79 Å². The Morgan fingerprint density at radius 3 is 2.68 bits per heavy atom. The van der Waals surface area contributed by atoms with Crippen LogP contribution in [0.5, 0.6) is 0 Å². The van der Waals surface area contributed by atoms with E-state index in [0.29, 0.717) is 17.7 Å². The molecule has 0 spiro atoms. The number of hydrogen-bond acceptors (Lipinski definition) is 3. The van der Waals surface area contributed by atoms with Gasteiger partial charge in [0, 0.05) is 22.0 Å². The van der Waals surface area contributed by atoms with Crippen molar-refractivity contribution in [1.82, 2.24) is 0 Å². The van der Waals surface area contributed by atoms with Gasteiger partial charge in [0.1, 0.15) is 5.71 Å². The van der Waals surface area contributed by atoms with Crippen molar-refractivity contribution in [2.24, 2.45) is 5.16 Å². The van der Waals surface area contributed by atoms with E-state index in [0.717, 1.165) is 32.4 Å². The largest absolute Gasteiger partial charge is 0.410 e. The molecule has 22 heavy (non-hydrogen) atoms. The van der Waals surface area contributed by atoms with Gasteiger partial charge >= 0.3 is 0 Å². The molecule has 0 atom stereocenters. The zero-order valence-corrected chi connectivity index (χ0v) is 13.0. The summed E-state index contributed by atoms with van der Waals surface area (Å²) in [7, 11) is 0. The summed E-state index contributed by atoms with van der Waals surface area (Å²) in [5.41, 5.74) is 5.37. The standard InChI is InChI=1S/C17H11BrN2O2/c18-13-7-3-6-11-14(17(21)19-16(11)13)12-8-9-4-1-2-5-10(9)15(12)20-22/h1-7,22H,8H2,(H,19,21)/b14-12+,20-15+. The minimum Gasteiger partial charge on any atom is -0.410 e. The van der Waals surface area contributed by atoms with Crippen molar-refractivity contribution in [2.45, 2.75) is 6.42 Å². The van der Waals surface area contributed by atoms with Gasteiger partial charge in [0.25, 0.3) is 5.91 Å². The topological polar surface area (TPSA) is 61.7 Å². The summed E-state index contributed by atoms with van der Waals surface area (Å²) in [4.78, 5) is 12.5. The van der Waals surface area contributed by atoms with Crippen molar-refractivity contribution in [2.75, 3.05) is 5.32 Å².